The molecule has 0 aliphatic carbocycles. The molecular weight excluding hydrogens is 218 g/mol. The second-order valence-corrected chi connectivity index (χ2v) is 5.58. The normalized spacial score (nSPS) is 23.5. The van der Waals surface area contributed by atoms with Crippen LogP contribution in [0.3, 0.4) is 0 Å². The summed E-state index contributed by atoms with van der Waals surface area (Å²) in [6, 6.07) is 0.246. The number of aliphatic hydroxyl groups is 1. The predicted molar refractivity (Wildman–Crippen MR) is 57.3 cm³/mol. The molecular formula is C9H19NO4S. The summed E-state index contributed by atoms with van der Waals surface area (Å²) in [6.45, 7) is 1.97. The Labute approximate surface area is 90.8 Å². The standard InChI is InChI=1S/C9H19NO4S/c11-8-9-4-3-6-10(9)5-1-2-7-15(12,13)14/h9,11H,1-8H2,(H,12,13,14)/t9-/m0/s1. The third-order valence-electron chi connectivity index (χ3n) is 2.81. The van der Waals surface area contributed by atoms with Crippen molar-refractivity contribution in [3.8, 4) is 0 Å². The van der Waals surface area contributed by atoms with Gasteiger partial charge in [0, 0.05) is 6.04 Å². The minimum atomic E-state index is -3.81. The van der Waals surface area contributed by atoms with Gasteiger partial charge in [-0.25, -0.2) is 0 Å². The van der Waals surface area contributed by atoms with Crippen LogP contribution in [0.4, 0.5) is 0 Å². The van der Waals surface area contributed by atoms with Gasteiger partial charge in [0.2, 0.25) is 0 Å². The molecule has 0 aromatic carbocycles. The Balaban J connectivity index is 2.15. The summed E-state index contributed by atoms with van der Waals surface area (Å²) in [5.41, 5.74) is 0. The maximum Gasteiger partial charge on any atom is 0.264 e. The first-order valence-corrected chi connectivity index (χ1v) is 6.94. The van der Waals surface area contributed by atoms with Gasteiger partial charge in [0.1, 0.15) is 0 Å². The zero-order valence-corrected chi connectivity index (χ0v) is 9.62. The van der Waals surface area contributed by atoms with Gasteiger partial charge < -0.3 is 5.11 Å². The summed E-state index contributed by atoms with van der Waals surface area (Å²) >= 11 is 0. The van der Waals surface area contributed by atoms with Gasteiger partial charge in [-0.15, -0.1) is 0 Å². The van der Waals surface area contributed by atoms with Crippen molar-refractivity contribution in [2.75, 3.05) is 25.4 Å². The highest BCUT2D eigenvalue weighted by Gasteiger charge is 2.22. The average Bonchev–Trinajstić information content (AvgIpc) is 2.58. The number of nitrogens with zero attached hydrogens (tertiary/aromatic N) is 1. The third-order valence-corrected chi connectivity index (χ3v) is 3.61. The monoisotopic (exact) mass is 237 g/mol. The summed E-state index contributed by atoms with van der Waals surface area (Å²) in [5, 5.41) is 9.04. The lowest BCUT2D eigenvalue weighted by molar-refractivity contribution is 0.157. The van der Waals surface area contributed by atoms with E-state index in [9.17, 15) is 8.42 Å². The van der Waals surface area contributed by atoms with Gasteiger partial charge in [0.05, 0.1) is 12.4 Å². The molecule has 1 rings (SSSR count). The molecule has 0 unspecified atom stereocenters. The molecule has 1 saturated heterocycles. The molecule has 2 N–H and O–H groups in total. The van der Waals surface area contributed by atoms with E-state index in [1.54, 1.807) is 0 Å². The fraction of sp³-hybridized carbons (Fsp3) is 1.00. The SMILES string of the molecule is O=S(=O)(O)CCCCN1CCC[C@H]1CO. The Bertz CT molecular complexity index is 278. The molecule has 1 atom stereocenters. The second-order valence-electron chi connectivity index (χ2n) is 4.01. The average molecular weight is 237 g/mol. The first kappa shape index (κ1) is 12.9. The highest BCUT2D eigenvalue weighted by molar-refractivity contribution is 7.85. The van der Waals surface area contributed by atoms with Gasteiger partial charge >= 0.3 is 0 Å². The molecule has 0 amide bonds. The van der Waals surface area contributed by atoms with Crippen LogP contribution in [-0.4, -0.2) is 54.5 Å². The fourth-order valence-corrected chi connectivity index (χ4v) is 2.56. The summed E-state index contributed by atoms with van der Waals surface area (Å²) in [6.07, 6.45) is 3.35. The van der Waals surface area contributed by atoms with Crippen molar-refractivity contribution < 1.29 is 18.1 Å². The minimum Gasteiger partial charge on any atom is -0.395 e. The quantitative estimate of drug-likeness (QED) is 0.506. The summed E-state index contributed by atoms with van der Waals surface area (Å²) in [4.78, 5) is 2.18. The van der Waals surface area contributed by atoms with E-state index >= 15 is 0 Å². The van der Waals surface area contributed by atoms with Crippen molar-refractivity contribution in [3.63, 3.8) is 0 Å². The second kappa shape index (κ2) is 5.79. The van der Waals surface area contributed by atoms with Crippen LogP contribution >= 0.6 is 0 Å². The van der Waals surface area contributed by atoms with Crippen molar-refractivity contribution in [3.05, 3.63) is 0 Å². The molecule has 0 aromatic heterocycles. The first-order chi connectivity index (χ1) is 7.03. The van der Waals surface area contributed by atoms with Gasteiger partial charge in [0.15, 0.2) is 0 Å². The Morgan fingerprint density at radius 1 is 1.33 bits per heavy atom. The van der Waals surface area contributed by atoms with E-state index in [-0.39, 0.29) is 18.4 Å². The topological polar surface area (TPSA) is 77.8 Å². The highest BCUT2D eigenvalue weighted by Crippen LogP contribution is 2.16. The fourth-order valence-electron chi connectivity index (χ4n) is 2.00. The first-order valence-electron chi connectivity index (χ1n) is 5.33. The smallest absolute Gasteiger partial charge is 0.264 e. The molecule has 1 aliphatic heterocycles. The highest BCUT2D eigenvalue weighted by atomic mass is 32.2. The number of hydrogen-bond acceptors (Lipinski definition) is 4. The van der Waals surface area contributed by atoms with Crippen LogP contribution in [0.15, 0.2) is 0 Å². The van der Waals surface area contributed by atoms with Crippen LogP contribution in [-0.2, 0) is 10.1 Å². The number of likely N-dealkylation sites (tertiary alicyclic amines) is 1. The Hall–Kier alpha value is -0.170. The number of aliphatic hydroxyl groups excluding tert-OH is 1. The summed E-state index contributed by atoms with van der Waals surface area (Å²) in [5.74, 6) is -0.162. The van der Waals surface area contributed by atoms with Crippen molar-refractivity contribution in [1.29, 1.82) is 0 Å². The molecule has 0 spiro atoms. The lowest BCUT2D eigenvalue weighted by atomic mass is 10.2. The molecule has 0 aromatic rings. The van der Waals surface area contributed by atoms with Crippen molar-refractivity contribution in [2.24, 2.45) is 0 Å². The van der Waals surface area contributed by atoms with Crippen LogP contribution in [0.5, 0.6) is 0 Å². The predicted octanol–water partition coefficient (Wildman–Crippen LogP) is 0.111. The van der Waals surface area contributed by atoms with Gasteiger partial charge in [-0.2, -0.15) is 8.42 Å². The molecule has 0 radical (unpaired) electrons. The van der Waals surface area contributed by atoms with Crippen LogP contribution < -0.4 is 0 Å². The van der Waals surface area contributed by atoms with Gasteiger partial charge in [-0.1, -0.05) is 0 Å². The molecule has 90 valence electrons. The van der Waals surface area contributed by atoms with E-state index in [2.05, 4.69) is 4.90 Å². The summed E-state index contributed by atoms with van der Waals surface area (Å²) in [7, 11) is -3.81. The molecule has 1 fully saturated rings. The van der Waals surface area contributed by atoms with E-state index in [0.717, 1.165) is 32.4 Å². The maximum atomic E-state index is 10.4. The maximum absolute atomic E-state index is 10.4. The molecule has 5 nitrogen and oxygen atoms in total. The third kappa shape index (κ3) is 4.92. The van der Waals surface area contributed by atoms with Crippen LogP contribution in [0.25, 0.3) is 0 Å². The lowest BCUT2D eigenvalue weighted by Crippen LogP contribution is -2.33. The number of rotatable bonds is 6. The van der Waals surface area contributed by atoms with E-state index in [4.69, 9.17) is 9.66 Å². The molecule has 1 aliphatic rings. The number of unbranched alkanes of at least 4 members (excludes halogenated alkanes) is 1. The van der Waals surface area contributed by atoms with Crippen molar-refractivity contribution >= 4 is 10.1 Å². The van der Waals surface area contributed by atoms with Crippen molar-refractivity contribution in [2.45, 2.75) is 31.7 Å². The van der Waals surface area contributed by atoms with Gasteiger partial charge in [0.25, 0.3) is 10.1 Å². The van der Waals surface area contributed by atoms with Crippen LogP contribution in [0.1, 0.15) is 25.7 Å². The molecule has 6 heteroatoms. The number of hydrogen-bond donors (Lipinski definition) is 2. The van der Waals surface area contributed by atoms with E-state index in [0.29, 0.717) is 6.42 Å². The van der Waals surface area contributed by atoms with Gasteiger partial charge in [-0.05, 0) is 38.8 Å². The Morgan fingerprint density at radius 3 is 2.67 bits per heavy atom. The molecule has 15 heavy (non-hydrogen) atoms. The zero-order chi connectivity index (χ0) is 11.3. The molecule has 0 saturated carbocycles. The summed E-state index contributed by atoms with van der Waals surface area (Å²) < 4.78 is 29.4. The largest absolute Gasteiger partial charge is 0.395 e. The Kier molecular flexibility index (Phi) is 4.98. The van der Waals surface area contributed by atoms with Gasteiger partial charge in [-0.3, -0.25) is 9.45 Å². The lowest BCUT2D eigenvalue weighted by Gasteiger charge is -2.22. The molecule has 0 bridgehead atoms. The van der Waals surface area contributed by atoms with E-state index in [1.165, 1.54) is 0 Å². The van der Waals surface area contributed by atoms with E-state index < -0.39 is 10.1 Å². The van der Waals surface area contributed by atoms with Crippen LogP contribution in [0.2, 0.25) is 0 Å². The van der Waals surface area contributed by atoms with Crippen molar-refractivity contribution in [1.82, 2.24) is 4.90 Å². The van der Waals surface area contributed by atoms with E-state index in [1.807, 2.05) is 0 Å². The molecule has 1 heterocycles. The minimum absolute atomic E-state index is 0.162. The zero-order valence-electron chi connectivity index (χ0n) is 8.80. The van der Waals surface area contributed by atoms with Crippen LogP contribution in [0, 0.1) is 0 Å². The Morgan fingerprint density at radius 2 is 2.07 bits per heavy atom.